The molecule has 2 N–H and O–H groups in total. The van der Waals surface area contributed by atoms with Crippen LogP contribution in [0.25, 0.3) is 0 Å². The van der Waals surface area contributed by atoms with Gasteiger partial charge in [0, 0.05) is 18.7 Å². The molecule has 0 bridgehead atoms. The first-order chi connectivity index (χ1) is 14.8. The summed E-state index contributed by atoms with van der Waals surface area (Å²) in [5.74, 6) is -0.505. The smallest absolute Gasteiger partial charge is 0.276 e. The number of hydrogen-bond donors (Lipinski definition) is 2. The molecule has 0 unspecified atom stereocenters. The predicted octanol–water partition coefficient (Wildman–Crippen LogP) is 1.63. The van der Waals surface area contributed by atoms with Gasteiger partial charge in [-0.25, -0.2) is 8.42 Å². The van der Waals surface area contributed by atoms with E-state index in [0.717, 1.165) is 18.4 Å². The van der Waals surface area contributed by atoms with E-state index in [1.54, 1.807) is 12.1 Å². The Hall–Kier alpha value is -3.11. The molecule has 0 aromatic heterocycles. The molecule has 166 valence electrons. The predicted molar refractivity (Wildman–Crippen MR) is 113 cm³/mol. The Balaban J connectivity index is 1.65. The normalized spacial score (nSPS) is 14.1. The number of carbonyl (C=O) groups excluding carboxylic acids is 2. The molecule has 0 spiro atoms. The summed E-state index contributed by atoms with van der Waals surface area (Å²) in [7, 11) is -2.42. The molecule has 3 rings (SSSR count). The van der Waals surface area contributed by atoms with Crippen LogP contribution in [0.3, 0.4) is 0 Å². The largest absolute Gasteiger partial charge is 0.495 e. The number of hydrazine groups is 1. The molecule has 2 amide bonds. The van der Waals surface area contributed by atoms with Crippen molar-refractivity contribution >= 4 is 21.8 Å². The minimum atomic E-state index is -3.79. The van der Waals surface area contributed by atoms with Gasteiger partial charge in [0.1, 0.15) is 16.4 Å². The van der Waals surface area contributed by atoms with E-state index in [9.17, 15) is 18.0 Å². The number of amides is 2. The van der Waals surface area contributed by atoms with Crippen LogP contribution in [0.15, 0.2) is 47.4 Å². The monoisotopic (exact) mass is 447 g/mol. The van der Waals surface area contributed by atoms with Gasteiger partial charge in [0.2, 0.25) is 10.0 Å². The fraction of sp³-hybridized carbons (Fsp3) is 0.333. The third-order valence-corrected chi connectivity index (χ3v) is 6.80. The first-order valence-corrected chi connectivity index (χ1v) is 11.2. The van der Waals surface area contributed by atoms with Crippen LogP contribution < -0.4 is 20.3 Å². The van der Waals surface area contributed by atoms with E-state index in [4.69, 9.17) is 9.47 Å². The number of hydrogen-bond acceptors (Lipinski definition) is 6. The maximum Gasteiger partial charge on any atom is 0.276 e. The molecular formula is C21H25N3O6S. The highest BCUT2D eigenvalue weighted by atomic mass is 32.2. The van der Waals surface area contributed by atoms with Crippen molar-refractivity contribution in [1.82, 2.24) is 15.2 Å². The molecule has 1 saturated heterocycles. The summed E-state index contributed by atoms with van der Waals surface area (Å²) in [6, 6.07) is 11.3. The number of aryl methyl sites for hydroxylation is 1. The molecular weight excluding hydrogens is 422 g/mol. The van der Waals surface area contributed by atoms with Crippen LogP contribution in [-0.4, -0.2) is 51.3 Å². The topological polar surface area (TPSA) is 114 Å². The molecule has 9 nitrogen and oxygen atoms in total. The lowest BCUT2D eigenvalue weighted by molar-refractivity contribution is -0.123. The summed E-state index contributed by atoms with van der Waals surface area (Å²) < 4.78 is 37.8. The highest BCUT2D eigenvalue weighted by molar-refractivity contribution is 7.89. The summed E-state index contributed by atoms with van der Waals surface area (Å²) in [5.41, 5.74) is 5.47. The first kappa shape index (κ1) is 22.6. The van der Waals surface area contributed by atoms with Crippen LogP contribution >= 0.6 is 0 Å². The van der Waals surface area contributed by atoms with Gasteiger partial charge in [0.05, 0.1) is 7.11 Å². The Morgan fingerprint density at radius 3 is 2.42 bits per heavy atom. The average molecular weight is 448 g/mol. The fourth-order valence-electron chi connectivity index (χ4n) is 3.18. The molecule has 0 aliphatic carbocycles. The van der Waals surface area contributed by atoms with Crippen molar-refractivity contribution < 1.29 is 27.5 Å². The number of nitrogens with one attached hydrogen (secondary N) is 2. The molecule has 2 aromatic carbocycles. The minimum Gasteiger partial charge on any atom is -0.495 e. The van der Waals surface area contributed by atoms with E-state index in [2.05, 4.69) is 10.9 Å². The molecule has 1 fully saturated rings. The molecule has 0 radical (unpaired) electrons. The van der Waals surface area contributed by atoms with Crippen LogP contribution in [0.1, 0.15) is 28.8 Å². The van der Waals surface area contributed by atoms with Crippen molar-refractivity contribution in [2.45, 2.75) is 24.7 Å². The molecule has 0 atom stereocenters. The number of sulfonamides is 1. The van der Waals surface area contributed by atoms with Crippen LogP contribution in [0.2, 0.25) is 0 Å². The lowest BCUT2D eigenvalue weighted by Gasteiger charge is -2.18. The molecule has 1 aliphatic rings. The lowest BCUT2D eigenvalue weighted by Crippen LogP contribution is -2.43. The second-order valence-electron chi connectivity index (χ2n) is 7.03. The number of rotatable bonds is 7. The van der Waals surface area contributed by atoms with Crippen molar-refractivity contribution in [3.63, 3.8) is 0 Å². The van der Waals surface area contributed by atoms with E-state index in [1.807, 2.05) is 19.1 Å². The summed E-state index contributed by atoms with van der Waals surface area (Å²) in [4.78, 5) is 24.4. The molecule has 1 aliphatic heterocycles. The summed E-state index contributed by atoms with van der Waals surface area (Å²) >= 11 is 0. The van der Waals surface area contributed by atoms with Gasteiger partial charge in [0.15, 0.2) is 6.61 Å². The fourth-order valence-corrected chi connectivity index (χ4v) is 4.88. The molecule has 10 heteroatoms. The van der Waals surface area contributed by atoms with Gasteiger partial charge in [-0.05, 0) is 49.6 Å². The van der Waals surface area contributed by atoms with E-state index in [0.29, 0.717) is 18.8 Å². The van der Waals surface area contributed by atoms with E-state index < -0.39 is 21.8 Å². The van der Waals surface area contributed by atoms with E-state index >= 15 is 0 Å². The first-order valence-electron chi connectivity index (χ1n) is 9.78. The highest BCUT2D eigenvalue weighted by Crippen LogP contribution is 2.29. The highest BCUT2D eigenvalue weighted by Gasteiger charge is 2.30. The van der Waals surface area contributed by atoms with E-state index in [1.165, 1.54) is 29.6 Å². The van der Waals surface area contributed by atoms with Crippen molar-refractivity contribution in [2.75, 3.05) is 26.8 Å². The standard InChI is InChI=1S/C21H25N3O6S/c1-15-7-3-4-8-17(15)30-14-20(25)22-23-21(26)16-9-10-18(29-2)19(13-16)31(27,28)24-11-5-6-12-24/h3-4,7-10,13H,5-6,11-12,14H2,1-2H3,(H,22,25)(H,23,26). The van der Waals surface area contributed by atoms with Gasteiger partial charge < -0.3 is 9.47 Å². The lowest BCUT2D eigenvalue weighted by atomic mass is 10.2. The third kappa shape index (κ3) is 5.33. The van der Waals surface area contributed by atoms with Crippen LogP contribution in [0.4, 0.5) is 0 Å². The Labute approximate surface area is 181 Å². The molecule has 0 saturated carbocycles. The maximum atomic E-state index is 12.9. The van der Waals surface area contributed by atoms with Gasteiger partial charge in [0.25, 0.3) is 11.8 Å². The Morgan fingerprint density at radius 1 is 1.03 bits per heavy atom. The quantitative estimate of drug-likeness (QED) is 0.624. The Morgan fingerprint density at radius 2 is 1.74 bits per heavy atom. The van der Waals surface area contributed by atoms with Gasteiger partial charge in [-0.2, -0.15) is 4.31 Å². The minimum absolute atomic E-state index is 0.0682. The number of carbonyl (C=O) groups is 2. The van der Waals surface area contributed by atoms with Crippen molar-refractivity contribution in [2.24, 2.45) is 0 Å². The van der Waals surface area contributed by atoms with Gasteiger partial charge in [-0.3, -0.25) is 20.4 Å². The number of nitrogens with zero attached hydrogens (tertiary/aromatic N) is 1. The summed E-state index contributed by atoms with van der Waals surface area (Å²) in [5, 5.41) is 0. The summed E-state index contributed by atoms with van der Waals surface area (Å²) in [6.45, 7) is 2.42. The van der Waals surface area contributed by atoms with Crippen molar-refractivity contribution in [3.8, 4) is 11.5 Å². The van der Waals surface area contributed by atoms with Crippen LogP contribution in [0.5, 0.6) is 11.5 Å². The van der Waals surface area contributed by atoms with Crippen molar-refractivity contribution in [3.05, 3.63) is 53.6 Å². The average Bonchev–Trinajstić information content (AvgIpc) is 3.32. The van der Waals surface area contributed by atoms with Gasteiger partial charge in [-0.1, -0.05) is 18.2 Å². The molecule has 1 heterocycles. The number of para-hydroxylation sites is 1. The summed E-state index contributed by atoms with van der Waals surface area (Å²) in [6.07, 6.45) is 1.58. The van der Waals surface area contributed by atoms with Gasteiger partial charge >= 0.3 is 0 Å². The Kier molecular flexibility index (Phi) is 7.13. The number of methoxy groups -OCH3 is 1. The zero-order valence-electron chi connectivity index (χ0n) is 17.4. The number of ether oxygens (including phenoxy) is 2. The molecule has 31 heavy (non-hydrogen) atoms. The SMILES string of the molecule is COc1ccc(C(=O)NNC(=O)COc2ccccc2C)cc1S(=O)(=O)N1CCCC1. The molecule has 2 aromatic rings. The van der Waals surface area contributed by atoms with Crippen molar-refractivity contribution in [1.29, 1.82) is 0 Å². The second kappa shape index (κ2) is 9.80. The maximum absolute atomic E-state index is 12.9. The van der Waals surface area contributed by atoms with E-state index in [-0.39, 0.29) is 22.8 Å². The van der Waals surface area contributed by atoms with Gasteiger partial charge in [-0.15, -0.1) is 0 Å². The third-order valence-electron chi connectivity index (χ3n) is 4.88. The zero-order valence-corrected chi connectivity index (χ0v) is 18.2. The zero-order chi connectivity index (χ0) is 22.4. The van der Waals surface area contributed by atoms with Crippen LogP contribution in [0, 0.1) is 6.92 Å². The Bertz CT molecular complexity index is 1060. The second-order valence-corrected chi connectivity index (χ2v) is 8.94. The number of benzene rings is 2. The van der Waals surface area contributed by atoms with Crippen LogP contribution in [-0.2, 0) is 14.8 Å².